The largest absolute Gasteiger partial charge is 0.464 e. The second-order valence-electron chi connectivity index (χ2n) is 3.71. The quantitative estimate of drug-likeness (QED) is 0.447. The van der Waals surface area contributed by atoms with Gasteiger partial charge in [0.15, 0.2) is 5.69 Å². The summed E-state index contributed by atoms with van der Waals surface area (Å²) < 4.78 is 9.83. The molecule has 1 aromatic rings. The third kappa shape index (κ3) is 4.92. The Morgan fingerprint density at radius 3 is 2.78 bits per heavy atom. The minimum atomic E-state index is -0.501. The Morgan fingerprint density at radius 1 is 1.44 bits per heavy atom. The van der Waals surface area contributed by atoms with E-state index in [-0.39, 0.29) is 5.69 Å². The maximum absolute atomic E-state index is 11.1. The number of ether oxygens (including phenoxy) is 2. The van der Waals surface area contributed by atoms with Gasteiger partial charge < -0.3 is 14.8 Å². The molecule has 0 saturated carbocycles. The summed E-state index contributed by atoms with van der Waals surface area (Å²) in [5, 5.41) is 3.02. The van der Waals surface area contributed by atoms with Crippen molar-refractivity contribution in [2.45, 2.75) is 6.92 Å². The highest BCUT2D eigenvalue weighted by Crippen LogP contribution is 2.01. The summed E-state index contributed by atoms with van der Waals surface area (Å²) in [6.07, 6.45) is 2.84. The summed E-state index contributed by atoms with van der Waals surface area (Å²) >= 11 is 0. The van der Waals surface area contributed by atoms with Crippen LogP contribution in [0.15, 0.2) is 24.5 Å². The molecule has 98 valence electrons. The summed E-state index contributed by atoms with van der Waals surface area (Å²) in [7, 11) is 1.30. The molecule has 1 heterocycles. The second kappa shape index (κ2) is 7.39. The van der Waals surface area contributed by atoms with E-state index >= 15 is 0 Å². The van der Waals surface area contributed by atoms with Crippen LogP contribution in [0.25, 0.3) is 0 Å². The number of methoxy groups -OCH3 is 1. The van der Waals surface area contributed by atoms with E-state index in [4.69, 9.17) is 4.74 Å². The van der Waals surface area contributed by atoms with Crippen molar-refractivity contribution in [2.75, 3.05) is 32.2 Å². The van der Waals surface area contributed by atoms with Crippen LogP contribution in [0.1, 0.15) is 17.4 Å². The fraction of sp³-hybridized carbons (Fsp3) is 0.417. The van der Waals surface area contributed by atoms with Gasteiger partial charge in [0.2, 0.25) is 0 Å². The van der Waals surface area contributed by atoms with Crippen molar-refractivity contribution in [3.8, 4) is 0 Å². The zero-order chi connectivity index (χ0) is 13.4. The van der Waals surface area contributed by atoms with E-state index in [0.717, 1.165) is 5.57 Å². The molecular weight excluding hydrogens is 234 g/mol. The average Bonchev–Trinajstić information content (AvgIpc) is 2.38. The van der Waals surface area contributed by atoms with Gasteiger partial charge in [-0.15, -0.1) is 0 Å². The first-order chi connectivity index (χ1) is 8.63. The number of carbonyl (C=O) groups excluding carboxylic acids is 1. The van der Waals surface area contributed by atoms with Crippen LogP contribution >= 0.6 is 0 Å². The summed E-state index contributed by atoms with van der Waals surface area (Å²) in [6, 6.07) is 0. The normalized spacial score (nSPS) is 9.89. The van der Waals surface area contributed by atoms with E-state index in [0.29, 0.717) is 25.6 Å². The van der Waals surface area contributed by atoms with E-state index in [9.17, 15) is 4.79 Å². The van der Waals surface area contributed by atoms with Crippen LogP contribution in [0.2, 0.25) is 0 Å². The SMILES string of the molecule is C=C(C)COCCNc1cnc(C(=O)OC)cn1. The number of carbonyl (C=O) groups is 1. The van der Waals surface area contributed by atoms with Crippen LogP contribution in [0.4, 0.5) is 5.82 Å². The Balaban J connectivity index is 2.31. The van der Waals surface area contributed by atoms with Crippen LogP contribution in [-0.4, -0.2) is 42.8 Å². The highest BCUT2D eigenvalue weighted by atomic mass is 16.5. The topological polar surface area (TPSA) is 73.3 Å². The molecule has 1 rings (SSSR count). The van der Waals surface area contributed by atoms with Gasteiger partial charge in [-0.2, -0.15) is 0 Å². The van der Waals surface area contributed by atoms with Crippen molar-refractivity contribution >= 4 is 11.8 Å². The molecule has 0 aliphatic carbocycles. The summed E-state index contributed by atoms with van der Waals surface area (Å²) in [5.74, 6) is 0.0837. The first-order valence-corrected chi connectivity index (χ1v) is 5.50. The van der Waals surface area contributed by atoms with Crippen molar-refractivity contribution < 1.29 is 14.3 Å². The van der Waals surface area contributed by atoms with Crippen molar-refractivity contribution in [2.24, 2.45) is 0 Å². The molecule has 0 aliphatic heterocycles. The first-order valence-electron chi connectivity index (χ1n) is 5.50. The van der Waals surface area contributed by atoms with Crippen LogP contribution in [0.3, 0.4) is 0 Å². The number of hydrogen-bond acceptors (Lipinski definition) is 6. The van der Waals surface area contributed by atoms with E-state index in [1.165, 1.54) is 19.5 Å². The maximum atomic E-state index is 11.1. The average molecular weight is 251 g/mol. The first kappa shape index (κ1) is 14.1. The molecule has 0 atom stereocenters. The number of anilines is 1. The van der Waals surface area contributed by atoms with E-state index in [1.54, 1.807) is 0 Å². The van der Waals surface area contributed by atoms with E-state index < -0.39 is 5.97 Å². The van der Waals surface area contributed by atoms with Crippen molar-refractivity contribution in [1.29, 1.82) is 0 Å². The van der Waals surface area contributed by atoms with E-state index in [1.807, 2.05) is 6.92 Å². The monoisotopic (exact) mass is 251 g/mol. The Hall–Kier alpha value is -1.95. The standard InChI is InChI=1S/C12H17N3O3/c1-9(2)8-18-5-4-13-11-7-14-10(6-15-11)12(16)17-3/h6-7H,1,4-5,8H2,2-3H3,(H,13,15). The smallest absolute Gasteiger partial charge is 0.358 e. The van der Waals surface area contributed by atoms with Crippen LogP contribution < -0.4 is 5.32 Å². The fourth-order valence-corrected chi connectivity index (χ4v) is 1.13. The Kier molecular flexibility index (Phi) is 5.79. The summed E-state index contributed by atoms with van der Waals surface area (Å²) in [6.45, 7) is 7.35. The fourth-order valence-electron chi connectivity index (χ4n) is 1.13. The zero-order valence-corrected chi connectivity index (χ0v) is 10.6. The Morgan fingerprint density at radius 2 is 2.22 bits per heavy atom. The minimum absolute atomic E-state index is 0.182. The van der Waals surface area contributed by atoms with Crippen LogP contribution in [-0.2, 0) is 9.47 Å². The molecule has 6 heteroatoms. The number of esters is 1. The van der Waals surface area contributed by atoms with Gasteiger partial charge in [-0.1, -0.05) is 12.2 Å². The predicted octanol–water partition coefficient (Wildman–Crippen LogP) is 1.27. The molecule has 1 N–H and O–H groups in total. The summed E-state index contributed by atoms with van der Waals surface area (Å²) in [5.41, 5.74) is 1.17. The lowest BCUT2D eigenvalue weighted by Crippen LogP contribution is -2.12. The van der Waals surface area contributed by atoms with Crippen molar-refractivity contribution in [3.63, 3.8) is 0 Å². The molecule has 18 heavy (non-hydrogen) atoms. The third-order valence-electron chi connectivity index (χ3n) is 1.95. The molecule has 0 fully saturated rings. The lowest BCUT2D eigenvalue weighted by molar-refractivity contribution is 0.0593. The highest BCUT2D eigenvalue weighted by molar-refractivity contribution is 5.86. The molecule has 0 amide bonds. The highest BCUT2D eigenvalue weighted by Gasteiger charge is 2.06. The number of nitrogens with one attached hydrogen (secondary N) is 1. The third-order valence-corrected chi connectivity index (χ3v) is 1.95. The van der Waals surface area contributed by atoms with E-state index in [2.05, 4.69) is 26.6 Å². The van der Waals surface area contributed by atoms with Gasteiger partial charge in [0.05, 0.1) is 32.7 Å². The molecule has 0 aliphatic rings. The van der Waals surface area contributed by atoms with Crippen LogP contribution in [0, 0.1) is 0 Å². The second-order valence-corrected chi connectivity index (χ2v) is 3.71. The molecule has 0 saturated heterocycles. The van der Waals surface area contributed by atoms with Gasteiger partial charge in [-0.05, 0) is 6.92 Å². The number of nitrogens with zero attached hydrogens (tertiary/aromatic N) is 2. The molecule has 1 aromatic heterocycles. The van der Waals surface area contributed by atoms with Gasteiger partial charge in [0.1, 0.15) is 5.82 Å². The van der Waals surface area contributed by atoms with Crippen LogP contribution in [0.5, 0.6) is 0 Å². The molecule has 0 spiro atoms. The van der Waals surface area contributed by atoms with Gasteiger partial charge in [-0.25, -0.2) is 14.8 Å². The maximum Gasteiger partial charge on any atom is 0.358 e. The molecule has 0 aromatic carbocycles. The molecular formula is C12H17N3O3. The van der Waals surface area contributed by atoms with Gasteiger partial charge in [0.25, 0.3) is 0 Å². The zero-order valence-electron chi connectivity index (χ0n) is 10.6. The molecule has 6 nitrogen and oxygen atoms in total. The lowest BCUT2D eigenvalue weighted by Gasteiger charge is -2.06. The van der Waals surface area contributed by atoms with Gasteiger partial charge in [0, 0.05) is 6.54 Å². The van der Waals surface area contributed by atoms with Crippen molar-refractivity contribution in [3.05, 3.63) is 30.2 Å². The molecule has 0 unspecified atom stereocenters. The summed E-state index contributed by atoms with van der Waals surface area (Å²) in [4.78, 5) is 19.1. The lowest BCUT2D eigenvalue weighted by atomic mass is 10.4. The number of aromatic nitrogens is 2. The Labute approximate surface area is 106 Å². The molecule has 0 radical (unpaired) electrons. The van der Waals surface area contributed by atoms with Gasteiger partial charge in [-0.3, -0.25) is 0 Å². The van der Waals surface area contributed by atoms with Crippen molar-refractivity contribution in [1.82, 2.24) is 9.97 Å². The Bertz CT molecular complexity index is 404. The predicted molar refractivity (Wildman–Crippen MR) is 67.5 cm³/mol. The minimum Gasteiger partial charge on any atom is -0.464 e. The number of rotatable bonds is 7. The number of hydrogen-bond donors (Lipinski definition) is 1. The molecule has 0 bridgehead atoms. The van der Waals surface area contributed by atoms with Gasteiger partial charge >= 0.3 is 5.97 Å².